The Morgan fingerprint density at radius 2 is 2.29 bits per heavy atom. The fourth-order valence-corrected chi connectivity index (χ4v) is 2.52. The Labute approximate surface area is 109 Å². The number of aliphatic hydroxyl groups excluding tert-OH is 1. The SMILES string of the molecule is CCOC(=O)C(O)c1ccc(C2CC2)c(Br)c1. The van der Waals surface area contributed by atoms with E-state index in [4.69, 9.17) is 4.74 Å². The molecule has 1 fully saturated rings. The van der Waals surface area contributed by atoms with Crippen LogP contribution in [0.3, 0.4) is 0 Å². The minimum atomic E-state index is -1.19. The maximum Gasteiger partial charge on any atom is 0.339 e. The van der Waals surface area contributed by atoms with E-state index in [9.17, 15) is 9.90 Å². The Balaban J connectivity index is 2.16. The predicted molar refractivity (Wildman–Crippen MR) is 67.7 cm³/mol. The zero-order chi connectivity index (χ0) is 12.4. The zero-order valence-corrected chi connectivity index (χ0v) is 11.2. The van der Waals surface area contributed by atoms with Gasteiger partial charge >= 0.3 is 5.97 Å². The van der Waals surface area contributed by atoms with Gasteiger partial charge in [0.25, 0.3) is 0 Å². The van der Waals surface area contributed by atoms with Crippen molar-refractivity contribution >= 4 is 21.9 Å². The van der Waals surface area contributed by atoms with Gasteiger partial charge in [0.15, 0.2) is 6.10 Å². The highest BCUT2D eigenvalue weighted by molar-refractivity contribution is 9.10. The molecule has 1 N–H and O–H groups in total. The van der Waals surface area contributed by atoms with Crippen molar-refractivity contribution in [2.75, 3.05) is 6.61 Å². The van der Waals surface area contributed by atoms with E-state index in [2.05, 4.69) is 15.9 Å². The van der Waals surface area contributed by atoms with Crippen molar-refractivity contribution < 1.29 is 14.6 Å². The van der Waals surface area contributed by atoms with E-state index in [1.54, 1.807) is 19.1 Å². The van der Waals surface area contributed by atoms with Crippen LogP contribution >= 0.6 is 15.9 Å². The Bertz CT molecular complexity index is 427. The van der Waals surface area contributed by atoms with E-state index in [0.29, 0.717) is 11.5 Å². The summed E-state index contributed by atoms with van der Waals surface area (Å²) in [5.41, 5.74) is 1.82. The zero-order valence-electron chi connectivity index (χ0n) is 9.65. The molecule has 0 bridgehead atoms. The summed E-state index contributed by atoms with van der Waals surface area (Å²) in [6.45, 7) is 1.99. The number of hydrogen-bond donors (Lipinski definition) is 1. The topological polar surface area (TPSA) is 46.5 Å². The third-order valence-corrected chi connectivity index (χ3v) is 3.55. The first-order chi connectivity index (χ1) is 8.13. The molecular formula is C13H15BrO3. The molecule has 1 atom stereocenters. The molecule has 92 valence electrons. The quantitative estimate of drug-likeness (QED) is 0.870. The Hall–Kier alpha value is -0.870. The second kappa shape index (κ2) is 5.19. The molecule has 3 nitrogen and oxygen atoms in total. The maximum atomic E-state index is 11.4. The summed E-state index contributed by atoms with van der Waals surface area (Å²) < 4.78 is 5.74. The van der Waals surface area contributed by atoms with Gasteiger partial charge in [-0.05, 0) is 42.9 Å². The lowest BCUT2D eigenvalue weighted by Crippen LogP contribution is -2.15. The van der Waals surface area contributed by atoms with Gasteiger partial charge in [-0.25, -0.2) is 4.79 Å². The molecule has 2 rings (SSSR count). The van der Waals surface area contributed by atoms with E-state index >= 15 is 0 Å². The summed E-state index contributed by atoms with van der Waals surface area (Å²) in [7, 11) is 0. The molecule has 1 saturated carbocycles. The molecule has 0 heterocycles. The number of halogens is 1. The largest absolute Gasteiger partial charge is 0.464 e. The summed E-state index contributed by atoms with van der Waals surface area (Å²) in [5, 5.41) is 9.79. The Kier molecular flexibility index (Phi) is 3.84. The van der Waals surface area contributed by atoms with Crippen LogP contribution < -0.4 is 0 Å². The van der Waals surface area contributed by atoms with Gasteiger partial charge < -0.3 is 9.84 Å². The van der Waals surface area contributed by atoms with E-state index in [0.717, 1.165) is 4.47 Å². The van der Waals surface area contributed by atoms with Gasteiger partial charge in [0, 0.05) is 4.47 Å². The average molecular weight is 299 g/mol. The van der Waals surface area contributed by atoms with Crippen molar-refractivity contribution in [3.63, 3.8) is 0 Å². The summed E-state index contributed by atoms with van der Waals surface area (Å²) in [4.78, 5) is 11.4. The monoisotopic (exact) mass is 298 g/mol. The molecule has 0 amide bonds. The van der Waals surface area contributed by atoms with Gasteiger partial charge in [-0.3, -0.25) is 0 Å². The van der Waals surface area contributed by atoms with Gasteiger partial charge in [-0.15, -0.1) is 0 Å². The molecule has 0 aliphatic heterocycles. The van der Waals surface area contributed by atoms with Gasteiger partial charge in [-0.1, -0.05) is 28.1 Å². The second-order valence-corrected chi connectivity index (χ2v) is 5.06. The van der Waals surface area contributed by atoms with Crippen molar-refractivity contribution in [1.82, 2.24) is 0 Å². The van der Waals surface area contributed by atoms with Gasteiger partial charge in [0.05, 0.1) is 6.61 Å². The van der Waals surface area contributed by atoms with E-state index in [1.165, 1.54) is 18.4 Å². The Morgan fingerprint density at radius 1 is 1.59 bits per heavy atom. The van der Waals surface area contributed by atoms with E-state index in [-0.39, 0.29) is 6.61 Å². The van der Waals surface area contributed by atoms with Gasteiger partial charge in [0.2, 0.25) is 0 Å². The van der Waals surface area contributed by atoms with Crippen molar-refractivity contribution in [2.45, 2.75) is 31.8 Å². The average Bonchev–Trinajstić information content (AvgIpc) is 3.12. The fraction of sp³-hybridized carbons (Fsp3) is 0.462. The van der Waals surface area contributed by atoms with Crippen molar-refractivity contribution in [1.29, 1.82) is 0 Å². The summed E-state index contributed by atoms with van der Waals surface area (Å²) in [6, 6.07) is 5.56. The van der Waals surface area contributed by atoms with Crippen LogP contribution in [0.5, 0.6) is 0 Å². The molecule has 1 unspecified atom stereocenters. The molecule has 0 spiro atoms. The van der Waals surface area contributed by atoms with Crippen molar-refractivity contribution in [3.8, 4) is 0 Å². The molecule has 4 heteroatoms. The third-order valence-electron chi connectivity index (χ3n) is 2.87. The molecule has 0 saturated heterocycles. The minimum Gasteiger partial charge on any atom is -0.464 e. The molecule has 0 aromatic heterocycles. The number of aliphatic hydroxyl groups is 1. The fourth-order valence-electron chi connectivity index (χ4n) is 1.80. The number of rotatable bonds is 4. The standard InChI is InChI=1S/C13H15BrO3/c1-2-17-13(16)12(15)9-5-6-10(8-3-4-8)11(14)7-9/h5-8,12,15H,2-4H2,1H3. The normalized spacial score (nSPS) is 16.6. The lowest BCUT2D eigenvalue weighted by atomic mass is 10.0. The molecule has 1 aliphatic carbocycles. The summed E-state index contributed by atoms with van der Waals surface area (Å²) in [6.07, 6.45) is 1.25. The predicted octanol–water partition coefficient (Wildman–Crippen LogP) is 2.92. The van der Waals surface area contributed by atoms with E-state index in [1.807, 2.05) is 6.07 Å². The van der Waals surface area contributed by atoms with Crippen LogP contribution in [-0.4, -0.2) is 17.7 Å². The van der Waals surface area contributed by atoms with Crippen LogP contribution in [0.15, 0.2) is 22.7 Å². The highest BCUT2D eigenvalue weighted by Gasteiger charge is 2.26. The molecule has 17 heavy (non-hydrogen) atoms. The summed E-state index contributed by atoms with van der Waals surface area (Å²) >= 11 is 3.48. The van der Waals surface area contributed by atoms with Crippen LogP contribution in [-0.2, 0) is 9.53 Å². The molecule has 1 aliphatic rings. The van der Waals surface area contributed by atoms with Crippen LogP contribution in [0.25, 0.3) is 0 Å². The second-order valence-electron chi connectivity index (χ2n) is 4.21. The maximum absolute atomic E-state index is 11.4. The molecular weight excluding hydrogens is 284 g/mol. The highest BCUT2D eigenvalue weighted by atomic mass is 79.9. The first-order valence-electron chi connectivity index (χ1n) is 5.77. The van der Waals surface area contributed by atoms with Crippen molar-refractivity contribution in [2.24, 2.45) is 0 Å². The number of esters is 1. The first-order valence-corrected chi connectivity index (χ1v) is 6.56. The van der Waals surface area contributed by atoms with Crippen LogP contribution in [0.2, 0.25) is 0 Å². The number of carbonyl (C=O) groups excluding carboxylic acids is 1. The number of ether oxygens (including phenoxy) is 1. The lowest BCUT2D eigenvalue weighted by Gasteiger charge is -2.11. The summed E-state index contributed by atoms with van der Waals surface area (Å²) in [5.74, 6) is 0.0386. The van der Waals surface area contributed by atoms with Crippen LogP contribution in [0, 0.1) is 0 Å². The van der Waals surface area contributed by atoms with Gasteiger partial charge in [0.1, 0.15) is 0 Å². The molecule has 1 aromatic rings. The molecule has 0 radical (unpaired) electrons. The Morgan fingerprint density at radius 3 is 2.82 bits per heavy atom. The lowest BCUT2D eigenvalue weighted by molar-refractivity contribution is -0.153. The number of hydrogen-bond acceptors (Lipinski definition) is 3. The first kappa shape index (κ1) is 12.6. The molecule has 1 aromatic carbocycles. The number of carbonyl (C=O) groups is 1. The smallest absolute Gasteiger partial charge is 0.339 e. The number of benzene rings is 1. The van der Waals surface area contributed by atoms with Crippen LogP contribution in [0.4, 0.5) is 0 Å². The van der Waals surface area contributed by atoms with Crippen LogP contribution in [0.1, 0.15) is 42.9 Å². The van der Waals surface area contributed by atoms with Crippen molar-refractivity contribution in [3.05, 3.63) is 33.8 Å². The third kappa shape index (κ3) is 2.87. The highest BCUT2D eigenvalue weighted by Crippen LogP contribution is 2.43. The minimum absolute atomic E-state index is 0.275. The van der Waals surface area contributed by atoms with E-state index < -0.39 is 12.1 Å². The van der Waals surface area contributed by atoms with Gasteiger partial charge in [-0.2, -0.15) is 0 Å².